The predicted octanol–water partition coefficient (Wildman–Crippen LogP) is 2.10. The Morgan fingerprint density at radius 3 is 2.94 bits per heavy atom. The van der Waals surface area contributed by atoms with Gasteiger partial charge in [-0.1, -0.05) is 17.7 Å². The average Bonchev–Trinajstić information content (AvgIpc) is 2.76. The van der Waals surface area contributed by atoms with Crippen molar-refractivity contribution in [3.63, 3.8) is 0 Å². The van der Waals surface area contributed by atoms with Crippen LogP contribution in [-0.4, -0.2) is 35.6 Å². The Hall–Kier alpha value is -1.06. The predicted molar refractivity (Wildman–Crippen MR) is 67.3 cm³/mol. The molecule has 4 heteroatoms. The smallest absolute Gasteiger partial charge is 0.255 e. The summed E-state index contributed by atoms with van der Waals surface area (Å²) in [6, 6.07) is 5.46. The Kier molecular flexibility index (Phi) is 3.69. The number of carbonyl (C=O) groups is 1. The molecule has 1 N–H and O–H groups in total. The Balaban J connectivity index is 2.15. The van der Waals surface area contributed by atoms with Crippen LogP contribution in [0, 0.1) is 12.8 Å². The van der Waals surface area contributed by atoms with Gasteiger partial charge in [-0.3, -0.25) is 4.79 Å². The number of aliphatic hydroxyl groups excluding tert-OH is 1. The number of benzene rings is 1. The van der Waals surface area contributed by atoms with Crippen molar-refractivity contribution in [1.29, 1.82) is 0 Å². The second kappa shape index (κ2) is 5.07. The molecule has 0 aliphatic carbocycles. The molecular formula is C13H16ClNO2. The lowest BCUT2D eigenvalue weighted by molar-refractivity contribution is 0.0782. The van der Waals surface area contributed by atoms with Crippen LogP contribution < -0.4 is 0 Å². The third kappa shape index (κ3) is 2.61. The van der Waals surface area contributed by atoms with Crippen molar-refractivity contribution < 1.29 is 9.90 Å². The molecule has 0 saturated carbocycles. The van der Waals surface area contributed by atoms with Crippen LogP contribution in [0.25, 0.3) is 0 Å². The van der Waals surface area contributed by atoms with Crippen molar-refractivity contribution >= 4 is 17.5 Å². The van der Waals surface area contributed by atoms with Gasteiger partial charge >= 0.3 is 0 Å². The van der Waals surface area contributed by atoms with Gasteiger partial charge in [0.25, 0.3) is 5.91 Å². The molecular weight excluding hydrogens is 238 g/mol. The van der Waals surface area contributed by atoms with E-state index in [9.17, 15) is 4.79 Å². The van der Waals surface area contributed by atoms with E-state index in [1.165, 1.54) is 0 Å². The standard InChI is InChI=1S/C13H16ClNO2/c1-9-2-3-11(12(14)6-9)13(17)15-5-4-10(7-15)8-16/h2-3,6,10,16H,4-5,7-8H2,1H3. The number of hydrogen-bond donors (Lipinski definition) is 1. The van der Waals surface area contributed by atoms with E-state index >= 15 is 0 Å². The number of rotatable bonds is 2. The van der Waals surface area contributed by atoms with Crippen LogP contribution in [0.2, 0.25) is 5.02 Å². The van der Waals surface area contributed by atoms with Crippen molar-refractivity contribution in [3.05, 3.63) is 34.3 Å². The molecule has 0 bridgehead atoms. The molecule has 92 valence electrons. The number of amides is 1. The normalized spacial score (nSPS) is 19.7. The van der Waals surface area contributed by atoms with Crippen LogP contribution in [0.1, 0.15) is 22.3 Å². The van der Waals surface area contributed by atoms with E-state index in [-0.39, 0.29) is 18.4 Å². The minimum Gasteiger partial charge on any atom is -0.396 e. The first-order valence-corrected chi connectivity index (χ1v) is 6.16. The second-order valence-corrected chi connectivity index (χ2v) is 4.98. The van der Waals surface area contributed by atoms with E-state index < -0.39 is 0 Å². The van der Waals surface area contributed by atoms with Gasteiger partial charge in [0, 0.05) is 25.6 Å². The molecule has 1 unspecified atom stereocenters. The Bertz CT molecular complexity index is 433. The number of aliphatic hydroxyl groups is 1. The molecule has 0 aromatic heterocycles. The summed E-state index contributed by atoms with van der Waals surface area (Å²) in [6.45, 7) is 3.41. The van der Waals surface area contributed by atoms with Crippen LogP contribution in [0.5, 0.6) is 0 Å². The first-order chi connectivity index (χ1) is 8.11. The average molecular weight is 254 g/mol. The van der Waals surface area contributed by atoms with Gasteiger partial charge in [-0.05, 0) is 31.0 Å². The van der Waals surface area contributed by atoms with Crippen molar-refractivity contribution in [2.45, 2.75) is 13.3 Å². The first kappa shape index (κ1) is 12.4. The summed E-state index contributed by atoms with van der Waals surface area (Å²) in [5.41, 5.74) is 1.59. The molecule has 1 aliphatic heterocycles. The van der Waals surface area contributed by atoms with Gasteiger partial charge in [0.2, 0.25) is 0 Å². The number of hydrogen-bond acceptors (Lipinski definition) is 2. The highest BCUT2D eigenvalue weighted by Crippen LogP contribution is 2.23. The maximum Gasteiger partial charge on any atom is 0.255 e. The fourth-order valence-electron chi connectivity index (χ4n) is 2.13. The zero-order valence-corrected chi connectivity index (χ0v) is 10.6. The molecule has 0 radical (unpaired) electrons. The minimum absolute atomic E-state index is 0.0362. The number of halogens is 1. The maximum absolute atomic E-state index is 12.2. The highest BCUT2D eigenvalue weighted by molar-refractivity contribution is 6.33. The zero-order chi connectivity index (χ0) is 12.4. The van der Waals surface area contributed by atoms with E-state index in [1.807, 2.05) is 13.0 Å². The summed E-state index contributed by atoms with van der Waals surface area (Å²) in [5.74, 6) is 0.175. The summed E-state index contributed by atoms with van der Waals surface area (Å²) in [4.78, 5) is 14.0. The van der Waals surface area contributed by atoms with E-state index in [1.54, 1.807) is 17.0 Å². The van der Waals surface area contributed by atoms with Crippen molar-refractivity contribution in [1.82, 2.24) is 4.90 Å². The molecule has 1 aromatic carbocycles. The molecule has 3 nitrogen and oxygen atoms in total. The summed E-state index contributed by atoms with van der Waals surface area (Å²) >= 11 is 6.08. The Morgan fingerprint density at radius 2 is 2.35 bits per heavy atom. The number of aryl methyl sites for hydroxylation is 1. The second-order valence-electron chi connectivity index (χ2n) is 4.57. The van der Waals surface area contributed by atoms with Gasteiger partial charge in [-0.15, -0.1) is 0 Å². The van der Waals surface area contributed by atoms with Gasteiger partial charge in [0.05, 0.1) is 10.6 Å². The van der Waals surface area contributed by atoms with Crippen LogP contribution in [0.15, 0.2) is 18.2 Å². The van der Waals surface area contributed by atoms with E-state index in [0.717, 1.165) is 12.0 Å². The highest BCUT2D eigenvalue weighted by atomic mass is 35.5. The van der Waals surface area contributed by atoms with Crippen LogP contribution in [0.4, 0.5) is 0 Å². The molecule has 0 spiro atoms. The SMILES string of the molecule is Cc1ccc(C(=O)N2CCC(CO)C2)c(Cl)c1. The Morgan fingerprint density at radius 1 is 1.59 bits per heavy atom. The minimum atomic E-state index is -0.0362. The van der Waals surface area contributed by atoms with Gasteiger partial charge < -0.3 is 10.0 Å². The lowest BCUT2D eigenvalue weighted by atomic mass is 10.1. The molecule has 17 heavy (non-hydrogen) atoms. The Labute approximate surface area is 106 Å². The molecule has 1 heterocycles. The zero-order valence-electron chi connectivity index (χ0n) is 9.82. The highest BCUT2D eigenvalue weighted by Gasteiger charge is 2.27. The van der Waals surface area contributed by atoms with Crippen LogP contribution in [-0.2, 0) is 0 Å². The lowest BCUT2D eigenvalue weighted by Crippen LogP contribution is -2.29. The van der Waals surface area contributed by atoms with Gasteiger partial charge in [-0.2, -0.15) is 0 Å². The first-order valence-electron chi connectivity index (χ1n) is 5.78. The number of nitrogens with zero attached hydrogens (tertiary/aromatic N) is 1. The quantitative estimate of drug-likeness (QED) is 0.877. The van der Waals surface area contributed by atoms with Gasteiger partial charge in [0.15, 0.2) is 0 Å². The molecule has 1 atom stereocenters. The van der Waals surface area contributed by atoms with E-state index in [0.29, 0.717) is 23.7 Å². The summed E-state index contributed by atoms with van der Waals surface area (Å²) in [7, 11) is 0. The fraction of sp³-hybridized carbons (Fsp3) is 0.462. The molecule has 1 fully saturated rings. The molecule has 1 amide bonds. The summed E-state index contributed by atoms with van der Waals surface area (Å²) in [6.07, 6.45) is 0.867. The molecule has 2 rings (SSSR count). The number of carbonyl (C=O) groups excluding carboxylic acids is 1. The van der Waals surface area contributed by atoms with Gasteiger partial charge in [-0.25, -0.2) is 0 Å². The topological polar surface area (TPSA) is 40.5 Å². The van der Waals surface area contributed by atoms with Crippen molar-refractivity contribution in [2.75, 3.05) is 19.7 Å². The largest absolute Gasteiger partial charge is 0.396 e. The summed E-state index contributed by atoms with van der Waals surface area (Å²) in [5, 5.41) is 9.57. The number of likely N-dealkylation sites (tertiary alicyclic amines) is 1. The summed E-state index contributed by atoms with van der Waals surface area (Å²) < 4.78 is 0. The molecule has 1 aliphatic rings. The maximum atomic E-state index is 12.2. The van der Waals surface area contributed by atoms with E-state index in [2.05, 4.69) is 0 Å². The van der Waals surface area contributed by atoms with Gasteiger partial charge in [0.1, 0.15) is 0 Å². The third-order valence-corrected chi connectivity index (χ3v) is 3.50. The molecule has 1 saturated heterocycles. The van der Waals surface area contributed by atoms with Crippen LogP contribution in [0.3, 0.4) is 0 Å². The molecule has 1 aromatic rings. The van der Waals surface area contributed by atoms with Crippen molar-refractivity contribution in [2.24, 2.45) is 5.92 Å². The van der Waals surface area contributed by atoms with Crippen molar-refractivity contribution in [3.8, 4) is 0 Å². The fourth-order valence-corrected chi connectivity index (χ4v) is 2.45. The van der Waals surface area contributed by atoms with Crippen LogP contribution >= 0.6 is 11.6 Å². The monoisotopic (exact) mass is 253 g/mol. The third-order valence-electron chi connectivity index (χ3n) is 3.19. The lowest BCUT2D eigenvalue weighted by Gasteiger charge is -2.17. The van der Waals surface area contributed by atoms with E-state index in [4.69, 9.17) is 16.7 Å².